The van der Waals surface area contributed by atoms with E-state index in [9.17, 15) is 10.2 Å². The number of anilines is 1. The van der Waals surface area contributed by atoms with E-state index in [0.717, 1.165) is 35.5 Å². The Morgan fingerprint density at radius 2 is 1.92 bits per heavy atom. The molecule has 0 amide bonds. The van der Waals surface area contributed by atoms with Crippen molar-refractivity contribution in [1.82, 2.24) is 9.78 Å². The topological polar surface area (TPSA) is 70.8 Å². The zero-order valence-corrected chi connectivity index (χ0v) is 22.0. The van der Waals surface area contributed by atoms with E-state index in [1.165, 1.54) is 28.7 Å². The molecule has 2 heterocycles. The first-order valence-electron chi connectivity index (χ1n) is 13.6. The molecule has 1 fully saturated rings. The monoisotopic (exact) mass is 509 g/mol. The molecule has 2 N–H and O–H groups in total. The largest absolute Gasteiger partial charge is 0.508 e. The van der Waals surface area contributed by atoms with E-state index in [4.69, 9.17) is 4.74 Å². The Morgan fingerprint density at radius 3 is 2.79 bits per heavy atom. The number of hydrogen-bond donors (Lipinski definition) is 2. The van der Waals surface area contributed by atoms with Gasteiger partial charge in [-0.25, -0.2) is 0 Å². The summed E-state index contributed by atoms with van der Waals surface area (Å²) in [5.41, 5.74) is 8.19. The number of phenolic OH excluding ortho intramolecular Hbond substituents is 1. The molecule has 3 atom stereocenters. The second-order valence-corrected chi connectivity index (χ2v) is 10.8. The summed E-state index contributed by atoms with van der Waals surface area (Å²) in [6, 6.07) is 19.9. The fourth-order valence-corrected chi connectivity index (χ4v) is 5.80. The van der Waals surface area contributed by atoms with Gasteiger partial charge in [-0.3, -0.25) is 4.68 Å². The lowest BCUT2D eigenvalue weighted by molar-refractivity contribution is 0.144. The van der Waals surface area contributed by atoms with Crippen molar-refractivity contribution < 1.29 is 14.9 Å². The number of nitrogens with zero attached hydrogens (tertiary/aromatic N) is 3. The van der Waals surface area contributed by atoms with Crippen LogP contribution < -0.4 is 9.64 Å². The lowest BCUT2D eigenvalue weighted by atomic mass is 9.92. The summed E-state index contributed by atoms with van der Waals surface area (Å²) in [6.45, 7) is 6.27. The van der Waals surface area contributed by atoms with Crippen molar-refractivity contribution in [1.29, 1.82) is 0 Å². The molecule has 0 spiro atoms. The van der Waals surface area contributed by atoms with Crippen LogP contribution in [0.25, 0.3) is 11.1 Å². The highest BCUT2D eigenvalue weighted by Gasteiger charge is 2.47. The first-order chi connectivity index (χ1) is 18.5. The number of hydrogen-bond acceptors (Lipinski definition) is 5. The van der Waals surface area contributed by atoms with Crippen LogP contribution in [0.1, 0.15) is 47.4 Å². The molecule has 196 valence electrons. The zero-order valence-electron chi connectivity index (χ0n) is 22.0. The van der Waals surface area contributed by atoms with Crippen LogP contribution in [-0.4, -0.2) is 39.4 Å². The summed E-state index contributed by atoms with van der Waals surface area (Å²) in [5, 5.41) is 25.6. The van der Waals surface area contributed by atoms with Crippen LogP contribution in [0.3, 0.4) is 0 Å². The zero-order chi connectivity index (χ0) is 26.2. The van der Waals surface area contributed by atoms with Crippen LogP contribution in [0, 0.1) is 19.8 Å². The van der Waals surface area contributed by atoms with Gasteiger partial charge in [-0.05, 0) is 97.0 Å². The van der Waals surface area contributed by atoms with E-state index >= 15 is 0 Å². The molecule has 6 nitrogen and oxygen atoms in total. The van der Waals surface area contributed by atoms with Crippen LogP contribution in [0.15, 0.2) is 73.1 Å². The lowest BCUT2D eigenvalue weighted by Gasteiger charge is -2.36. The molecule has 0 radical (unpaired) electrons. The van der Waals surface area contributed by atoms with Crippen LogP contribution in [0.2, 0.25) is 0 Å². The summed E-state index contributed by atoms with van der Waals surface area (Å²) >= 11 is 0. The molecule has 3 aromatic carbocycles. The number of aliphatic hydroxyl groups excluding tert-OH is 1. The molecule has 1 aliphatic heterocycles. The number of benzene rings is 3. The lowest BCUT2D eigenvalue weighted by Crippen LogP contribution is -2.39. The minimum atomic E-state index is -0.541. The van der Waals surface area contributed by atoms with Gasteiger partial charge in [-0.1, -0.05) is 36.4 Å². The number of aryl methyl sites for hydroxylation is 1. The number of aromatic hydroxyl groups is 1. The van der Waals surface area contributed by atoms with Gasteiger partial charge in [-0.15, -0.1) is 0 Å². The third-order valence-corrected chi connectivity index (χ3v) is 8.10. The highest BCUT2D eigenvalue weighted by atomic mass is 16.5. The van der Waals surface area contributed by atoms with Gasteiger partial charge in [0.1, 0.15) is 17.7 Å². The van der Waals surface area contributed by atoms with Gasteiger partial charge in [-0.2, -0.15) is 5.10 Å². The molecule has 6 heteroatoms. The van der Waals surface area contributed by atoms with Crippen molar-refractivity contribution in [2.24, 2.45) is 5.92 Å². The maximum Gasteiger partial charge on any atom is 0.127 e. The minimum absolute atomic E-state index is 0.266. The molecule has 2 aliphatic rings. The smallest absolute Gasteiger partial charge is 0.127 e. The molecular weight excluding hydrogens is 474 g/mol. The van der Waals surface area contributed by atoms with E-state index in [-0.39, 0.29) is 5.75 Å². The summed E-state index contributed by atoms with van der Waals surface area (Å²) in [6.07, 6.45) is 6.08. The maximum atomic E-state index is 11.2. The Labute approximate surface area is 224 Å². The number of aliphatic hydroxyl groups is 1. The molecule has 38 heavy (non-hydrogen) atoms. The summed E-state index contributed by atoms with van der Waals surface area (Å²) in [7, 11) is 0. The Bertz CT molecular complexity index is 1450. The van der Waals surface area contributed by atoms with Crippen molar-refractivity contribution in [2.45, 2.75) is 51.8 Å². The normalized spacial score (nSPS) is 18.6. The van der Waals surface area contributed by atoms with Crippen molar-refractivity contribution in [3.63, 3.8) is 0 Å². The van der Waals surface area contributed by atoms with Crippen molar-refractivity contribution >= 4 is 5.69 Å². The SMILES string of the molecule is Cc1cccc(OCCCC(O)N2C[C@@H]3CC3c3c(-c4cnn(Cc5cccc(O)c5)c4)cccc32)c1C. The number of ether oxygens (including phenoxy) is 1. The van der Waals surface area contributed by atoms with Crippen molar-refractivity contribution in [3.8, 4) is 22.6 Å². The standard InChI is InChI=1S/C32H35N3O3/c1-21-7-3-12-30(22(21)2)38-14-6-13-31(37)35-20-24-16-28(24)32-27(10-5-11-29(32)35)25-17-33-34(19-25)18-23-8-4-9-26(36)15-23/h3-5,7-12,15,17,19,24,28,31,36-37H,6,13-14,16,18,20H2,1-2H3/t24-,28?,31?/m0/s1. The molecule has 0 bridgehead atoms. The first-order valence-corrected chi connectivity index (χ1v) is 13.6. The molecule has 1 aliphatic carbocycles. The van der Waals surface area contributed by atoms with Gasteiger partial charge in [0.05, 0.1) is 19.3 Å². The summed E-state index contributed by atoms with van der Waals surface area (Å²) in [4.78, 5) is 2.20. The second kappa shape index (κ2) is 10.2. The highest BCUT2D eigenvalue weighted by Crippen LogP contribution is 2.57. The Balaban J connectivity index is 1.16. The van der Waals surface area contributed by atoms with Crippen LogP contribution >= 0.6 is 0 Å². The van der Waals surface area contributed by atoms with Crippen LogP contribution in [0.4, 0.5) is 5.69 Å². The van der Waals surface area contributed by atoms with Gasteiger partial charge in [0.25, 0.3) is 0 Å². The molecular formula is C32H35N3O3. The summed E-state index contributed by atoms with van der Waals surface area (Å²) in [5.74, 6) is 2.33. The molecule has 6 rings (SSSR count). The Hall–Kier alpha value is -3.77. The molecule has 0 saturated heterocycles. The third kappa shape index (κ3) is 4.88. The fraction of sp³-hybridized carbons (Fsp3) is 0.344. The van der Waals surface area contributed by atoms with E-state index < -0.39 is 6.23 Å². The Morgan fingerprint density at radius 1 is 1.08 bits per heavy atom. The van der Waals surface area contributed by atoms with E-state index in [2.05, 4.69) is 54.3 Å². The summed E-state index contributed by atoms with van der Waals surface area (Å²) < 4.78 is 7.95. The van der Waals surface area contributed by atoms with Crippen LogP contribution in [0.5, 0.6) is 11.5 Å². The molecule has 1 saturated carbocycles. The number of phenols is 1. The fourth-order valence-electron chi connectivity index (χ4n) is 5.80. The van der Waals surface area contributed by atoms with Crippen molar-refractivity contribution in [2.75, 3.05) is 18.1 Å². The number of fused-ring (bicyclic) bond motifs is 3. The molecule has 2 unspecified atom stereocenters. The van der Waals surface area contributed by atoms with Gasteiger partial charge < -0.3 is 19.8 Å². The quantitative estimate of drug-likeness (QED) is 0.270. The van der Waals surface area contributed by atoms with Crippen LogP contribution in [-0.2, 0) is 6.54 Å². The van der Waals surface area contributed by atoms with E-state index in [1.807, 2.05) is 35.1 Å². The van der Waals surface area contributed by atoms with Crippen molar-refractivity contribution in [3.05, 3.63) is 95.3 Å². The predicted octanol–water partition coefficient (Wildman–Crippen LogP) is 6.02. The average Bonchev–Trinajstić information content (AvgIpc) is 3.56. The highest BCUT2D eigenvalue weighted by molar-refractivity contribution is 5.77. The van der Waals surface area contributed by atoms with Gasteiger partial charge >= 0.3 is 0 Å². The van der Waals surface area contributed by atoms with E-state index in [1.54, 1.807) is 12.1 Å². The molecule has 1 aromatic heterocycles. The Kier molecular flexibility index (Phi) is 6.58. The van der Waals surface area contributed by atoms with Gasteiger partial charge in [0, 0.05) is 24.0 Å². The number of aromatic nitrogens is 2. The maximum absolute atomic E-state index is 11.2. The average molecular weight is 510 g/mol. The third-order valence-electron chi connectivity index (χ3n) is 8.10. The second-order valence-electron chi connectivity index (χ2n) is 10.8. The van der Waals surface area contributed by atoms with Gasteiger partial charge in [0.2, 0.25) is 0 Å². The first kappa shape index (κ1) is 24.6. The predicted molar refractivity (Wildman–Crippen MR) is 150 cm³/mol. The van der Waals surface area contributed by atoms with E-state index in [0.29, 0.717) is 31.4 Å². The van der Waals surface area contributed by atoms with Gasteiger partial charge in [0.15, 0.2) is 0 Å². The molecule has 4 aromatic rings. The number of rotatable bonds is 9. The minimum Gasteiger partial charge on any atom is -0.508 e.